The lowest BCUT2D eigenvalue weighted by Crippen LogP contribution is -2.46. The molecule has 190 valence electrons. The summed E-state index contributed by atoms with van der Waals surface area (Å²) in [4.78, 5) is 37.1. The quantitative estimate of drug-likeness (QED) is 0.547. The van der Waals surface area contributed by atoms with Gasteiger partial charge < -0.3 is 20.0 Å². The Morgan fingerprint density at radius 2 is 1.83 bits per heavy atom. The first-order valence-corrected chi connectivity index (χ1v) is 12.8. The van der Waals surface area contributed by atoms with Crippen LogP contribution in [0.4, 0.5) is 17.7 Å². The molecule has 0 saturated carbocycles. The lowest BCUT2D eigenvalue weighted by Gasteiger charge is -2.37. The Hall–Kier alpha value is -3.69. The number of hydrogen-bond acceptors (Lipinski definition) is 8. The van der Waals surface area contributed by atoms with E-state index in [4.69, 9.17) is 9.97 Å². The molecule has 36 heavy (non-hydrogen) atoms. The van der Waals surface area contributed by atoms with Gasteiger partial charge in [0.05, 0.1) is 6.20 Å². The largest absolute Gasteiger partial charge is 0.353 e. The third kappa shape index (κ3) is 5.12. The van der Waals surface area contributed by atoms with Crippen molar-refractivity contribution in [2.75, 3.05) is 54.4 Å². The second kappa shape index (κ2) is 10.5. The summed E-state index contributed by atoms with van der Waals surface area (Å²) in [6, 6.07) is 0.229. The Balaban J connectivity index is 1.36. The minimum atomic E-state index is -0.00641. The third-order valence-electron chi connectivity index (χ3n) is 7.01. The predicted octanol–water partition coefficient (Wildman–Crippen LogP) is 2.77. The molecule has 0 bridgehead atoms. The van der Waals surface area contributed by atoms with E-state index in [0.717, 1.165) is 74.8 Å². The van der Waals surface area contributed by atoms with Crippen molar-refractivity contribution < 1.29 is 4.79 Å². The van der Waals surface area contributed by atoms with Gasteiger partial charge in [-0.25, -0.2) is 19.9 Å². The first-order chi connectivity index (χ1) is 17.5. The van der Waals surface area contributed by atoms with Crippen LogP contribution in [0.3, 0.4) is 0 Å². The Kier molecular flexibility index (Phi) is 7.02. The van der Waals surface area contributed by atoms with E-state index in [9.17, 15) is 4.79 Å². The lowest BCUT2D eigenvalue weighted by atomic mass is 9.96. The normalized spacial score (nSPS) is 21.2. The van der Waals surface area contributed by atoms with Crippen molar-refractivity contribution in [2.24, 2.45) is 5.92 Å². The number of imidazole rings is 1. The Labute approximate surface area is 212 Å². The highest BCUT2D eigenvalue weighted by molar-refractivity contribution is 5.87. The van der Waals surface area contributed by atoms with Crippen LogP contribution < -0.4 is 15.1 Å². The van der Waals surface area contributed by atoms with Crippen LogP contribution in [-0.2, 0) is 4.79 Å². The number of anilines is 3. The van der Waals surface area contributed by atoms with Crippen LogP contribution in [0.25, 0.3) is 5.52 Å². The predicted molar refractivity (Wildman–Crippen MR) is 141 cm³/mol. The number of aromatic nitrogens is 5. The second-order valence-corrected chi connectivity index (χ2v) is 9.96. The first kappa shape index (κ1) is 24.0. The SMILES string of the molecule is C=CC(=O)N1CCCCN(c2nccn3c(N4C[C@H](C)C[C@@H](Nc5ncc(C)cn5)C4)ncc23)CC1. The van der Waals surface area contributed by atoms with Gasteiger partial charge in [0.25, 0.3) is 0 Å². The fraction of sp³-hybridized carbons (Fsp3) is 0.500. The van der Waals surface area contributed by atoms with Crippen molar-refractivity contribution in [3.8, 4) is 0 Å². The van der Waals surface area contributed by atoms with Gasteiger partial charge in [-0.1, -0.05) is 13.5 Å². The van der Waals surface area contributed by atoms with Crippen LogP contribution in [-0.4, -0.2) is 80.5 Å². The molecule has 2 aliphatic heterocycles. The van der Waals surface area contributed by atoms with E-state index in [2.05, 4.69) is 43.0 Å². The summed E-state index contributed by atoms with van der Waals surface area (Å²) >= 11 is 0. The summed E-state index contributed by atoms with van der Waals surface area (Å²) in [5.74, 6) is 3.00. The molecule has 0 unspecified atom stereocenters. The van der Waals surface area contributed by atoms with Crippen LogP contribution >= 0.6 is 0 Å². The van der Waals surface area contributed by atoms with Crippen molar-refractivity contribution >= 4 is 29.1 Å². The maximum atomic E-state index is 12.2. The third-order valence-corrected chi connectivity index (χ3v) is 7.01. The van der Waals surface area contributed by atoms with Crippen LogP contribution in [0, 0.1) is 12.8 Å². The van der Waals surface area contributed by atoms with E-state index < -0.39 is 0 Å². The molecule has 5 heterocycles. The minimum Gasteiger partial charge on any atom is -0.353 e. The number of hydrogen-bond donors (Lipinski definition) is 1. The molecule has 5 rings (SSSR count). The van der Waals surface area contributed by atoms with Crippen LogP contribution in [0.15, 0.2) is 43.6 Å². The smallest absolute Gasteiger partial charge is 0.246 e. The molecule has 0 aliphatic carbocycles. The first-order valence-electron chi connectivity index (χ1n) is 12.8. The molecule has 2 saturated heterocycles. The van der Waals surface area contributed by atoms with Gasteiger partial charge in [-0.3, -0.25) is 9.20 Å². The second-order valence-electron chi connectivity index (χ2n) is 9.96. The number of amides is 1. The standard InChI is InChI=1S/C26H35N9O/c1-4-23(36)32-8-5-6-9-33(12-11-32)24-22-16-30-26(35(22)10-7-27-24)34-17-19(2)13-21(18-34)31-25-28-14-20(3)15-29-25/h4,7,10,14-16,19,21H,1,5-6,8-9,11-13,17-18H2,2-3H3,(H,28,29,31)/t19-,21-/m1/s1. The van der Waals surface area contributed by atoms with Crippen LogP contribution in [0.1, 0.15) is 31.7 Å². The fourth-order valence-electron chi connectivity index (χ4n) is 5.28. The fourth-order valence-corrected chi connectivity index (χ4v) is 5.28. The summed E-state index contributed by atoms with van der Waals surface area (Å²) in [6.07, 6.45) is 13.9. The number of rotatable bonds is 5. The van der Waals surface area contributed by atoms with E-state index in [0.29, 0.717) is 18.4 Å². The summed E-state index contributed by atoms with van der Waals surface area (Å²) < 4.78 is 2.14. The topological polar surface area (TPSA) is 94.8 Å². The van der Waals surface area contributed by atoms with Crippen molar-refractivity contribution in [3.63, 3.8) is 0 Å². The molecule has 0 radical (unpaired) electrons. The van der Waals surface area contributed by atoms with E-state index in [1.165, 1.54) is 6.08 Å². The Morgan fingerprint density at radius 3 is 2.64 bits per heavy atom. The zero-order chi connectivity index (χ0) is 25.1. The molecular formula is C26H35N9O. The number of carbonyl (C=O) groups excluding carboxylic acids is 1. The summed E-state index contributed by atoms with van der Waals surface area (Å²) in [5.41, 5.74) is 2.03. The molecule has 2 atom stereocenters. The Morgan fingerprint density at radius 1 is 1.03 bits per heavy atom. The molecular weight excluding hydrogens is 454 g/mol. The van der Waals surface area contributed by atoms with E-state index >= 15 is 0 Å². The number of fused-ring (bicyclic) bond motifs is 1. The summed E-state index contributed by atoms with van der Waals surface area (Å²) in [5, 5.41) is 3.51. The van der Waals surface area contributed by atoms with Crippen molar-refractivity contribution in [1.29, 1.82) is 0 Å². The Bertz CT molecular complexity index is 1210. The van der Waals surface area contributed by atoms with E-state index in [1.54, 1.807) is 0 Å². The average molecular weight is 490 g/mol. The van der Waals surface area contributed by atoms with Gasteiger partial charge in [0, 0.05) is 70.1 Å². The number of nitrogens with one attached hydrogen (secondary N) is 1. The summed E-state index contributed by atoms with van der Waals surface area (Å²) in [7, 11) is 0. The van der Waals surface area contributed by atoms with Gasteiger partial charge in [0.1, 0.15) is 5.52 Å². The maximum absolute atomic E-state index is 12.2. The van der Waals surface area contributed by atoms with E-state index in [1.807, 2.05) is 42.8 Å². The molecule has 1 N–H and O–H groups in total. The zero-order valence-electron chi connectivity index (χ0n) is 21.2. The van der Waals surface area contributed by atoms with Crippen molar-refractivity contribution in [2.45, 2.75) is 39.2 Å². The molecule has 10 nitrogen and oxygen atoms in total. The van der Waals surface area contributed by atoms with E-state index in [-0.39, 0.29) is 11.9 Å². The highest BCUT2D eigenvalue weighted by Crippen LogP contribution is 2.28. The lowest BCUT2D eigenvalue weighted by molar-refractivity contribution is -0.126. The molecule has 3 aromatic heterocycles. The molecule has 0 aromatic carbocycles. The van der Waals surface area contributed by atoms with Gasteiger partial charge in [-0.05, 0) is 43.7 Å². The maximum Gasteiger partial charge on any atom is 0.246 e. The number of piperidine rings is 1. The van der Waals surface area contributed by atoms with Crippen molar-refractivity contribution in [3.05, 3.63) is 49.2 Å². The number of nitrogens with zero attached hydrogens (tertiary/aromatic N) is 8. The highest BCUT2D eigenvalue weighted by Gasteiger charge is 2.28. The molecule has 0 spiro atoms. The van der Waals surface area contributed by atoms with Gasteiger partial charge in [-0.2, -0.15) is 0 Å². The van der Waals surface area contributed by atoms with Crippen LogP contribution in [0.2, 0.25) is 0 Å². The molecule has 2 fully saturated rings. The molecule has 1 amide bonds. The van der Waals surface area contributed by atoms with Crippen molar-refractivity contribution in [1.82, 2.24) is 29.2 Å². The van der Waals surface area contributed by atoms with Gasteiger partial charge in [0.15, 0.2) is 5.82 Å². The summed E-state index contributed by atoms with van der Waals surface area (Å²) in [6.45, 7) is 12.8. The van der Waals surface area contributed by atoms with Crippen LogP contribution in [0.5, 0.6) is 0 Å². The minimum absolute atomic E-state index is 0.00641. The number of carbonyl (C=O) groups is 1. The molecule has 2 aliphatic rings. The van der Waals surface area contributed by atoms with Gasteiger partial charge in [-0.15, -0.1) is 0 Å². The van der Waals surface area contributed by atoms with Gasteiger partial charge >= 0.3 is 0 Å². The monoisotopic (exact) mass is 489 g/mol. The number of aryl methyl sites for hydroxylation is 1. The average Bonchev–Trinajstić information content (AvgIpc) is 3.29. The van der Waals surface area contributed by atoms with Gasteiger partial charge in [0.2, 0.25) is 17.8 Å². The zero-order valence-corrected chi connectivity index (χ0v) is 21.2. The molecule has 3 aromatic rings. The molecule has 10 heteroatoms. The highest BCUT2D eigenvalue weighted by atomic mass is 16.2.